The molecule has 5 nitrogen and oxygen atoms in total. The largest absolute Gasteiger partial charge is 0.487 e. The summed E-state index contributed by atoms with van der Waals surface area (Å²) in [5.41, 5.74) is 6.29. The van der Waals surface area contributed by atoms with Crippen LogP contribution in [0.3, 0.4) is 0 Å². The number of nitrogens with zero attached hydrogens (tertiary/aromatic N) is 1. The van der Waals surface area contributed by atoms with Crippen molar-refractivity contribution in [2.45, 2.75) is 26.0 Å². The van der Waals surface area contributed by atoms with Gasteiger partial charge < -0.3 is 15.8 Å². The van der Waals surface area contributed by atoms with Crippen LogP contribution in [0.2, 0.25) is 5.02 Å². The number of nitrogens with one attached hydrogen (secondary N) is 1. The highest BCUT2D eigenvalue weighted by molar-refractivity contribution is 6.32. The summed E-state index contributed by atoms with van der Waals surface area (Å²) >= 11 is 6.17. The number of nitrogens with two attached hydrogens (primary N) is 1. The van der Waals surface area contributed by atoms with Gasteiger partial charge in [-0.3, -0.25) is 9.78 Å². The maximum Gasteiger partial charge on any atom is 0.243 e. The van der Waals surface area contributed by atoms with E-state index in [0.29, 0.717) is 23.1 Å². The first-order chi connectivity index (χ1) is 10.4. The molecule has 2 aromatic rings. The molecule has 0 saturated heterocycles. The lowest BCUT2D eigenvalue weighted by Crippen LogP contribution is -2.45. The zero-order chi connectivity index (χ0) is 16.2. The number of hydrogen-bond donors (Lipinski definition) is 2. The first kappa shape index (κ1) is 22.5. The molecule has 0 aliphatic carbocycles. The van der Waals surface area contributed by atoms with E-state index >= 15 is 0 Å². The second kappa shape index (κ2) is 9.69. The third kappa shape index (κ3) is 6.53. The summed E-state index contributed by atoms with van der Waals surface area (Å²) in [5, 5.41) is 3.12. The third-order valence-electron chi connectivity index (χ3n) is 2.89. The Kier molecular flexibility index (Phi) is 9.07. The molecule has 1 aromatic carbocycles. The maximum absolute atomic E-state index is 11.8. The fourth-order valence-corrected chi connectivity index (χ4v) is 1.87. The van der Waals surface area contributed by atoms with Crippen LogP contribution in [-0.2, 0) is 11.4 Å². The molecule has 3 N–H and O–H groups in total. The fraction of sp³-hybridized carbons (Fsp3) is 0.250. The molecule has 0 fully saturated rings. The van der Waals surface area contributed by atoms with Gasteiger partial charge in [0.2, 0.25) is 5.91 Å². The smallest absolute Gasteiger partial charge is 0.243 e. The van der Waals surface area contributed by atoms with Crippen LogP contribution in [-0.4, -0.2) is 16.4 Å². The zero-order valence-electron chi connectivity index (χ0n) is 13.3. The second-order valence-corrected chi connectivity index (χ2v) is 5.88. The predicted molar refractivity (Wildman–Crippen MR) is 101 cm³/mol. The monoisotopic (exact) mass is 391 g/mol. The molecule has 0 unspecified atom stereocenters. The van der Waals surface area contributed by atoms with Gasteiger partial charge in [0.1, 0.15) is 12.4 Å². The predicted octanol–water partition coefficient (Wildman–Crippen LogP) is 3.83. The van der Waals surface area contributed by atoms with Crippen molar-refractivity contribution in [2.24, 2.45) is 5.73 Å². The molecule has 1 heterocycles. The molecule has 0 aliphatic heterocycles. The molecule has 0 bridgehead atoms. The molecule has 132 valence electrons. The van der Waals surface area contributed by atoms with Crippen molar-refractivity contribution in [2.75, 3.05) is 5.32 Å². The molecule has 0 atom stereocenters. The Bertz CT molecular complexity index is 661. The van der Waals surface area contributed by atoms with Crippen LogP contribution >= 0.6 is 36.4 Å². The summed E-state index contributed by atoms with van der Waals surface area (Å²) in [4.78, 5) is 15.8. The number of amides is 1. The van der Waals surface area contributed by atoms with Crippen molar-refractivity contribution in [3.63, 3.8) is 0 Å². The summed E-state index contributed by atoms with van der Waals surface area (Å²) in [7, 11) is 0. The minimum Gasteiger partial charge on any atom is -0.487 e. The van der Waals surface area contributed by atoms with Crippen LogP contribution in [0.25, 0.3) is 0 Å². The van der Waals surface area contributed by atoms with E-state index in [1.54, 1.807) is 44.4 Å². The summed E-state index contributed by atoms with van der Waals surface area (Å²) in [6, 6.07) is 8.81. The van der Waals surface area contributed by atoms with E-state index in [1.165, 1.54) is 0 Å². The molecule has 0 saturated carbocycles. The topological polar surface area (TPSA) is 77.2 Å². The Labute approximate surface area is 158 Å². The highest BCUT2D eigenvalue weighted by atomic mass is 35.5. The van der Waals surface area contributed by atoms with E-state index in [1.807, 2.05) is 12.1 Å². The van der Waals surface area contributed by atoms with Gasteiger partial charge in [-0.25, -0.2) is 0 Å². The summed E-state index contributed by atoms with van der Waals surface area (Å²) < 4.78 is 5.64. The first-order valence-corrected chi connectivity index (χ1v) is 7.15. The SMILES string of the molecule is CC(C)(N)C(=O)Nc1ccc(OCc2cccnc2)c(Cl)c1.Cl.Cl. The number of benzene rings is 1. The van der Waals surface area contributed by atoms with E-state index in [9.17, 15) is 4.79 Å². The molecule has 8 heteroatoms. The Morgan fingerprint density at radius 3 is 2.58 bits per heavy atom. The van der Waals surface area contributed by atoms with Gasteiger partial charge in [-0.05, 0) is 38.1 Å². The van der Waals surface area contributed by atoms with Gasteiger partial charge in [0.05, 0.1) is 10.6 Å². The molecular formula is C16H20Cl3N3O2. The molecule has 1 aromatic heterocycles. The minimum atomic E-state index is -0.956. The number of halogens is 3. The van der Waals surface area contributed by atoms with E-state index in [0.717, 1.165) is 5.56 Å². The van der Waals surface area contributed by atoms with E-state index in [4.69, 9.17) is 22.1 Å². The molecule has 0 spiro atoms. The van der Waals surface area contributed by atoms with Crippen molar-refractivity contribution >= 4 is 48.0 Å². The number of aromatic nitrogens is 1. The van der Waals surface area contributed by atoms with Crippen LogP contribution < -0.4 is 15.8 Å². The van der Waals surface area contributed by atoms with Gasteiger partial charge in [-0.1, -0.05) is 17.7 Å². The summed E-state index contributed by atoms with van der Waals surface area (Å²) in [6.45, 7) is 3.64. The first-order valence-electron chi connectivity index (χ1n) is 6.78. The number of hydrogen-bond acceptors (Lipinski definition) is 4. The number of carbonyl (C=O) groups excluding carboxylic acids is 1. The Hall–Kier alpha value is -1.53. The van der Waals surface area contributed by atoms with Crippen LogP contribution in [0, 0.1) is 0 Å². The zero-order valence-corrected chi connectivity index (χ0v) is 15.7. The standard InChI is InChI=1S/C16H18ClN3O2.2ClH/c1-16(2,18)15(21)20-12-5-6-14(13(17)8-12)22-10-11-4-3-7-19-9-11;;/h3-9H,10,18H2,1-2H3,(H,20,21);2*1H. The van der Waals surface area contributed by atoms with E-state index < -0.39 is 5.54 Å². The minimum absolute atomic E-state index is 0. The van der Waals surface area contributed by atoms with Crippen LogP contribution in [0.4, 0.5) is 5.69 Å². The Morgan fingerprint density at radius 2 is 2.04 bits per heavy atom. The van der Waals surface area contributed by atoms with Gasteiger partial charge >= 0.3 is 0 Å². The van der Waals surface area contributed by atoms with Crippen LogP contribution in [0.15, 0.2) is 42.7 Å². The molecular weight excluding hydrogens is 373 g/mol. The van der Waals surface area contributed by atoms with Gasteiger partial charge in [0.15, 0.2) is 0 Å². The van der Waals surface area contributed by atoms with Crippen molar-refractivity contribution in [1.82, 2.24) is 4.98 Å². The summed E-state index contributed by atoms with van der Waals surface area (Å²) in [6.07, 6.45) is 3.43. The highest BCUT2D eigenvalue weighted by Gasteiger charge is 2.22. The highest BCUT2D eigenvalue weighted by Crippen LogP contribution is 2.28. The molecule has 2 rings (SSSR count). The van der Waals surface area contributed by atoms with Gasteiger partial charge in [-0.15, -0.1) is 24.8 Å². The van der Waals surface area contributed by atoms with Crippen LogP contribution in [0.5, 0.6) is 5.75 Å². The third-order valence-corrected chi connectivity index (χ3v) is 3.19. The fourth-order valence-electron chi connectivity index (χ4n) is 1.63. The van der Waals surface area contributed by atoms with E-state index in [2.05, 4.69) is 10.3 Å². The molecule has 0 aliphatic rings. The average Bonchev–Trinajstić information content (AvgIpc) is 2.46. The van der Waals surface area contributed by atoms with Gasteiger partial charge in [-0.2, -0.15) is 0 Å². The van der Waals surface area contributed by atoms with Crippen molar-refractivity contribution in [3.8, 4) is 5.75 Å². The lowest BCUT2D eigenvalue weighted by atomic mass is 10.1. The van der Waals surface area contributed by atoms with Crippen molar-refractivity contribution < 1.29 is 9.53 Å². The van der Waals surface area contributed by atoms with Crippen molar-refractivity contribution in [1.29, 1.82) is 0 Å². The Balaban J connectivity index is 0.00000264. The molecule has 24 heavy (non-hydrogen) atoms. The van der Waals surface area contributed by atoms with Gasteiger partial charge in [0.25, 0.3) is 0 Å². The number of ether oxygens (including phenoxy) is 1. The summed E-state index contributed by atoms with van der Waals surface area (Å²) in [5.74, 6) is 0.253. The quantitative estimate of drug-likeness (QED) is 0.810. The molecule has 0 radical (unpaired) electrons. The van der Waals surface area contributed by atoms with Crippen LogP contribution in [0.1, 0.15) is 19.4 Å². The lowest BCUT2D eigenvalue weighted by Gasteiger charge is -2.18. The number of anilines is 1. The van der Waals surface area contributed by atoms with Gasteiger partial charge in [0, 0.05) is 23.6 Å². The maximum atomic E-state index is 11.8. The number of pyridine rings is 1. The number of rotatable bonds is 5. The molecule has 1 amide bonds. The second-order valence-electron chi connectivity index (χ2n) is 5.47. The number of carbonyl (C=O) groups is 1. The van der Waals surface area contributed by atoms with E-state index in [-0.39, 0.29) is 30.7 Å². The van der Waals surface area contributed by atoms with Crippen molar-refractivity contribution in [3.05, 3.63) is 53.3 Å². The Morgan fingerprint density at radius 1 is 1.33 bits per heavy atom. The lowest BCUT2D eigenvalue weighted by molar-refractivity contribution is -0.120. The normalized spacial score (nSPS) is 10.2. The average molecular weight is 393 g/mol.